The van der Waals surface area contributed by atoms with E-state index in [0.717, 1.165) is 44.3 Å². The van der Waals surface area contributed by atoms with E-state index in [9.17, 15) is 4.79 Å². The summed E-state index contributed by atoms with van der Waals surface area (Å²) in [6, 6.07) is 11.5. The summed E-state index contributed by atoms with van der Waals surface area (Å²) in [5, 5.41) is 4.51. The first-order valence-corrected chi connectivity index (χ1v) is 21.5. The molecule has 0 atom stereocenters. The third kappa shape index (κ3) is 14.2. The van der Waals surface area contributed by atoms with Crippen molar-refractivity contribution in [1.82, 2.24) is 4.90 Å². The van der Waals surface area contributed by atoms with Gasteiger partial charge in [-0.1, -0.05) is 130 Å². The first kappa shape index (κ1) is 39.5. The number of hydrogen-bond donors (Lipinski definition) is 0. The minimum absolute atomic E-state index is 0.234. The zero-order valence-electron chi connectivity index (χ0n) is 30.7. The molecule has 1 amide bonds. The van der Waals surface area contributed by atoms with Gasteiger partial charge < -0.3 is 4.90 Å². The summed E-state index contributed by atoms with van der Waals surface area (Å²) in [4.78, 5) is 19.4. The van der Waals surface area contributed by atoms with E-state index in [1.165, 1.54) is 148 Å². The number of nitrogens with zero attached hydrogens (tertiary/aromatic N) is 1. The molecule has 3 aromatic rings. The maximum atomic E-state index is 14.5. The smallest absolute Gasteiger partial charge is 0.253 e. The van der Waals surface area contributed by atoms with E-state index in [1.54, 1.807) is 0 Å². The van der Waals surface area contributed by atoms with Gasteiger partial charge in [0.2, 0.25) is 0 Å². The van der Waals surface area contributed by atoms with Gasteiger partial charge in [0, 0.05) is 28.4 Å². The molecule has 0 spiro atoms. The zero-order chi connectivity index (χ0) is 33.5. The molecule has 0 aliphatic rings. The molecule has 4 heteroatoms. The van der Waals surface area contributed by atoms with Crippen LogP contribution in [0.2, 0.25) is 0 Å². The van der Waals surface area contributed by atoms with Crippen LogP contribution in [0.5, 0.6) is 0 Å². The molecular weight excluding hydrogens is 611 g/mol. The molecule has 0 fully saturated rings. The third-order valence-corrected chi connectivity index (χ3v) is 11.7. The lowest BCUT2D eigenvalue weighted by Gasteiger charge is -2.24. The third-order valence-electron chi connectivity index (χ3n) is 9.65. The Bertz CT molecular complexity index is 1160. The molecule has 0 bridgehead atoms. The van der Waals surface area contributed by atoms with Crippen LogP contribution in [0.15, 0.2) is 41.1 Å². The van der Waals surface area contributed by atoms with Crippen molar-refractivity contribution in [1.29, 1.82) is 0 Å². The Labute approximate surface area is 297 Å². The van der Waals surface area contributed by atoms with Crippen LogP contribution < -0.4 is 0 Å². The average molecular weight is 678 g/mol. The second-order valence-corrected chi connectivity index (χ2v) is 15.6. The SMILES string of the molecule is CCCCCCCCN(CCCCCCCC)C(=O)c1cc(-c2sccc2CCCCCC)cc(-c2sccc2CCCCCC)c1. The summed E-state index contributed by atoms with van der Waals surface area (Å²) in [7, 11) is 0. The minimum Gasteiger partial charge on any atom is -0.339 e. The van der Waals surface area contributed by atoms with E-state index in [4.69, 9.17) is 0 Å². The molecule has 0 N–H and O–H groups in total. The normalized spacial score (nSPS) is 11.4. The van der Waals surface area contributed by atoms with E-state index >= 15 is 0 Å². The molecule has 0 saturated carbocycles. The van der Waals surface area contributed by atoms with Gasteiger partial charge in [0.1, 0.15) is 0 Å². The van der Waals surface area contributed by atoms with Crippen molar-refractivity contribution in [3.63, 3.8) is 0 Å². The molecule has 2 nitrogen and oxygen atoms in total. The summed E-state index contributed by atoms with van der Waals surface area (Å²) < 4.78 is 0. The van der Waals surface area contributed by atoms with Crippen molar-refractivity contribution in [3.8, 4) is 20.9 Å². The Morgan fingerprint density at radius 2 is 0.894 bits per heavy atom. The maximum absolute atomic E-state index is 14.5. The summed E-state index contributed by atoms with van der Waals surface area (Å²) in [6.07, 6.45) is 27.5. The van der Waals surface area contributed by atoms with Gasteiger partial charge in [-0.3, -0.25) is 4.79 Å². The number of hydrogen-bond acceptors (Lipinski definition) is 3. The number of amides is 1. The molecule has 262 valence electrons. The molecule has 1 aromatic carbocycles. The quantitative estimate of drug-likeness (QED) is 0.0735. The Kier molecular flexibility index (Phi) is 20.4. The van der Waals surface area contributed by atoms with Gasteiger partial charge in [-0.15, -0.1) is 22.7 Å². The summed E-state index contributed by atoms with van der Waals surface area (Å²) in [5.74, 6) is 0.234. The lowest BCUT2D eigenvalue weighted by molar-refractivity contribution is 0.0749. The Hall–Kier alpha value is -1.91. The predicted molar refractivity (Wildman–Crippen MR) is 211 cm³/mol. The first-order valence-electron chi connectivity index (χ1n) is 19.7. The monoisotopic (exact) mass is 677 g/mol. The fourth-order valence-electron chi connectivity index (χ4n) is 6.73. The van der Waals surface area contributed by atoms with Crippen molar-refractivity contribution in [2.24, 2.45) is 0 Å². The van der Waals surface area contributed by atoms with Gasteiger partial charge in [0.05, 0.1) is 0 Å². The Morgan fingerprint density at radius 3 is 1.32 bits per heavy atom. The van der Waals surface area contributed by atoms with Gasteiger partial charge in [0.25, 0.3) is 5.91 Å². The number of thiophene rings is 2. The highest BCUT2D eigenvalue weighted by atomic mass is 32.1. The van der Waals surface area contributed by atoms with Crippen molar-refractivity contribution in [2.75, 3.05) is 13.1 Å². The highest BCUT2D eigenvalue weighted by Crippen LogP contribution is 2.38. The molecule has 2 heterocycles. The second-order valence-electron chi connectivity index (χ2n) is 13.8. The fraction of sp³-hybridized carbons (Fsp3) is 0.651. The molecule has 0 aliphatic heterocycles. The van der Waals surface area contributed by atoms with E-state index < -0.39 is 0 Å². The lowest BCUT2D eigenvalue weighted by Crippen LogP contribution is -2.33. The molecule has 0 unspecified atom stereocenters. The number of aryl methyl sites for hydroxylation is 2. The van der Waals surface area contributed by atoms with Crippen molar-refractivity contribution < 1.29 is 4.79 Å². The predicted octanol–water partition coefficient (Wildman–Crippen LogP) is 14.6. The highest BCUT2D eigenvalue weighted by molar-refractivity contribution is 7.14. The molecule has 47 heavy (non-hydrogen) atoms. The van der Waals surface area contributed by atoms with Gasteiger partial charge in [-0.25, -0.2) is 0 Å². The Balaban J connectivity index is 1.91. The molecule has 0 radical (unpaired) electrons. The van der Waals surface area contributed by atoms with Crippen LogP contribution in [0, 0.1) is 0 Å². The molecule has 0 saturated heterocycles. The summed E-state index contributed by atoms with van der Waals surface area (Å²) in [6.45, 7) is 10.9. The van der Waals surface area contributed by atoms with Gasteiger partial charge >= 0.3 is 0 Å². The van der Waals surface area contributed by atoms with Crippen LogP contribution in [0.1, 0.15) is 178 Å². The molecular formula is C43H67NOS2. The zero-order valence-corrected chi connectivity index (χ0v) is 32.3. The Morgan fingerprint density at radius 1 is 0.511 bits per heavy atom. The minimum atomic E-state index is 0.234. The van der Waals surface area contributed by atoms with Gasteiger partial charge in [-0.05, 0) is 102 Å². The van der Waals surface area contributed by atoms with E-state index in [0.29, 0.717) is 0 Å². The van der Waals surface area contributed by atoms with Gasteiger partial charge in [-0.2, -0.15) is 0 Å². The number of rotatable bonds is 27. The molecule has 2 aromatic heterocycles. The van der Waals surface area contributed by atoms with Crippen molar-refractivity contribution >= 4 is 28.6 Å². The lowest BCUT2D eigenvalue weighted by atomic mass is 9.96. The highest BCUT2D eigenvalue weighted by Gasteiger charge is 2.20. The number of carbonyl (C=O) groups is 1. The van der Waals surface area contributed by atoms with E-state index in [1.807, 2.05) is 22.7 Å². The number of benzene rings is 1. The average Bonchev–Trinajstić information content (AvgIpc) is 3.77. The van der Waals surface area contributed by atoms with Crippen molar-refractivity contribution in [2.45, 2.75) is 169 Å². The number of carbonyl (C=O) groups excluding carboxylic acids is 1. The van der Waals surface area contributed by atoms with Crippen molar-refractivity contribution in [3.05, 3.63) is 57.8 Å². The van der Waals surface area contributed by atoms with Crippen LogP contribution in [0.25, 0.3) is 20.9 Å². The van der Waals surface area contributed by atoms with Crippen LogP contribution in [-0.2, 0) is 12.8 Å². The largest absolute Gasteiger partial charge is 0.339 e. The standard InChI is InChI=1S/C43H67NOS2/c1-5-9-13-17-19-23-29-44(30-24-20-18-14-10-6-2)43(45)40-34-38(41-36(27-31-46-41)25-21-15-11-7-3)33-39(35-40)42-37(28-32-47-42)26-22-16-12-8-4/h27-28,31-35H,5-26,29-30H2,1-4H3. The van der Waals surface area contributed by atoms with E-state index in [-0.39, 0.29) is 5.91 Å². The molecule has 3 rings (SSSR count). The first-order chi connectivity index (χ1) is 23.1. The van der Waals surface area contributed by atoms with E-state index in [2.05, 4.69) is 73.7 Å². The van der Waals surface area contributed by atoms with Crippen LogP contribution >= 0.6 is 22.7 Å². The summed E-state index contributed by atoms with van der Waals surface area (Å²) >= 11 is 3.70. The topological polar surface area (TPSA) is 20.3 Å². The fourth-order valence-corrected chi connectivity index (χ4v) is 8.62. The van der Waals surface area contributed by atoms with Crippen LogP contribution in [-0.4, -0.2) is 23.9 Å². The number of unbranched alkanes of at least 4 members (excludes halogenated alkanes) is 16. The maximum Gasteiger partial charge on any atom is 0.253 e. The van der Waals surface area contributed by atoms with Gasteiger partial charge in [0.15, 0.2) is 0 Å². The summed E-state index contributed by atoms with van der Waals surface area (Å²) in [5.41, 5.74) is 6.24. The van der Waals surface area contributed by atoms with Crippen LogP contribution in [0.3, 0.4) is 0 Å². The molecule has 0 aliphatic carbocycles. The van der Waals surface area contributed by atoms with Crippen LogP contribution in [0.4, 0.5) is 0 Å². The second kappa shape index (κ2) is 24.3.